The Kier molecular flexibility index (Phi) is 7.11. The van der Waals surface area contributed by atoms with Crippen LogP contribution in [0.4, 0.5) is 0 Å². The smallest absolute Gasteiger partial charge is 0.343 e. The van der Waals surface area contributed by atoms with E-state index in [9.17, 15) is 9.59 Å². The lowest BCUT2D eigenvalue weighted by Gasteiger charge is -2.19. The number of hydrogen-bond donors (Lipinski definition) is 0. The molecule has 2 aromatic carbocycles. The predicted octanol–water partition coefficient (Wildman–Crippen LogP) is 7.02. The molecule has 1 heterocycles. The normalized spacial score (nSPS) is 11.8. The Morgan fingerprint density at radius 1 is 0.636 bits per heavy atom. The first-order valence-corrected chi connectivity index (χ1v) is 11.1. The second kappa shape index (κ2) is 9.65. The van der Waals surface area contributed by atoms with Crippen LogP contribution in [0.3, 0.4) is 0 Å². The maximum absolute atomic E-state index is 13.4. The van der Waals surface area contributed by atoms with Crippen molar-refractivity contribution >= 4 is 11.9 Å². The molecule has 0 N–H and O–H groups in total. The second-order valence-corrected chi connectivity index (χ2v) is 10.5. The molecule has 0 unspecified atom stereocenters. The standard InChI is InChI=1S/C28H32O5/c1-27(2,3)17-31-25(29)21-22(26(30)32-18-28(4,5)6)24(20-15-11-8-12-16-20)33-23(21)19-13-9-7-10-14-19/h7-16H,17-18H2,1-6H3. The highest BCUT2D eigenvalue weighted by Gasteiger charge is 2.34. The minimum Gasteiger partial charge on any atom is -0.461 e. The van der Waals surface area contributed by atoms with Crippen LogP contribution >= 0.6 is 0 Å². The van der Waals surface area contributed by atoms with Crippen LogP contribution < -0.4 is 0 Å². The third-order valence-electron chi connectivity index (χ3n) is 4.66. The van der Waals surface area contributed by atoms with Crippen LogP contribution in [-0.2, 0) is 9.47 Å². The third-order valence-corrected chi connectivity index (χ3v) is 4.66. The molecule has 3 aromatic rings. The fourth-order valence-electron chi connectivity index (χ4n) is 3.11. The van der Waals surface area contributed by atoms with Crippen LogP contribution in [0.15, 0.2) is 65.1 Å². The summed E-state index contributed by atoms with van der Waals surface area (Å²) in [6, 6.07) is 18.5. The van der Waals surface area contributed by atoms with Gasteiger partial charge < -0.3 is 13.9 Å². The van der Waals surface area contributed by atoms with Crippen molar-refractivity contribution in [2.75, 3.05) is 13.2 Å². The first-order valence-electron chi connectivity index (χ1n) is 11.1. The Morgan fingerprint density at radius 2 is 0.970 bits per heavy atom. The van der Waals surface area contributed by atoms with Gasteiger partial charge in [-0.1, -0.05) is 102 Å². The zero-order valence-electron chi connectivity index (χ0n) is 20.2. The summed E-state index contributed by atoms with van der Waals surface area (Å²) in [6.45, 7) is 12.2. The number of carbonyl (C=O) groups excluding carboxylic acids is 2. The molecule has 0 saturated heterocycles. The predicted molar refractivity (Wildman–Crippen MR) is 129 cm³/mol. The molecule has 5 heteroatoms. The van der Waals surface area contributed by atoms with Gasteiger partial charge in [0.25, 0.3) is 0 Å². The Morgan fingerprint density at radius 3 is 1.27 bits per heavy atom. The SMILES string of the molecule is CC(C)(C)COC(=O)c1c(-c2ccccc2)oc(-c2ccccc2)c1C(=O)OCC(C)(C)C. The van der Waals surface area contributed by atoms with Crippen molar-refractivity contribution in [3.8, 4) is 22.6 Å². The van der Waals surface area contributed by atoms with E-state index in [0.29, 0.717) is 11.1 Å². The lowest BCUT2D eigenvalue weighted by molar-refractivity contribution is 0.0325. The van der Waals surface area contributed by atoms with Crippen molar-refractivity contribution in [1.82, 2.24) is 0 Å². The van der Waals surface area contributed by atoms with E-state index in [2.05, 4.69) is 0 Å². The summed E-state index contributed by atoms with van der Waals surface area (Å²) in [7, 11) is 0. The van der Waals surface area contributed by atoms with E-state index in [1.165, 1.54) is 0 Å². The van der Waals surface area contributed by atoms with Gasteiger partial charge in [0.2, 0.25) is 0 Å². The summed E-state index contributed by atoms with van der Waals surface area (Å²) in [5, 5.41) is 0. The van der Waals surface area contributed by atoms with Gasteiger partial charge in [-0.15, -0.1) is 0 Å². The maximum atomic E-state index is 13.4. The van der Waals surface area contributed by atoms with Crippen molar-refractivity contribution in [2.24, 2.45) is 10.8 Å². The van der Waals surface area contributed by atoms with E-state index in [1.54, 1.807) is 0 Å². The summed E-state index contributed by atoms with van der Waals surface area (Å²) >= 11 is 0. The number of furan rings is 1. The van der Waals surface area contributed by atoms with Gasteiger partial charge in [-0.3, -0.25) is 0 Å². The van der Waals surface area contributed by atoms with Gasteiger partial charge in [-0.05, 0) is 10.8 Å². The average Bonchev–Trinajstić information content (AvgIpc) is 3.17. The molecule has 0 saturated carbocycles. The first-order chi connectivity index (χ1) is 15.5. The number of rotatable bonds is 6. The summed E-state index contributed by atoms with van der Waals surface area (Å²) < 4.78 is 17.5. The highest BCUT2D eigenvalue weighted by molar-refractivity contribution is 6.10. The summed E-state index contributed by atoms with van der Waals surface area (Å²) in [5.41, 5.74) is 1.05. The van der Waals surface area contributed by atoms with Crippen LogP contribution in [0, 0.1) is 10.8 Å². The zero-order valence-corrected chi connectivity index (χ0v) is 20.2. The Labute approximate surface area is 195 Å². The number of esters is 2. The van der Waals surface area contributed by atoms with Crippen LogP contribution in [0.25, 0.3) is 22.6 Å². The molecule has 0 aliphatic carbocycles. The molecule has 1 aromatic heterocycles. The molecule has 0 spiro atoms. The quantitative estimate of drug-likeness (QED) is 0.379. The molecule has 0 fully saturated rings. The maximum Gasteiger partial charge on any atom is 0.343 e. The Hall–Kier alpha value is -3.34. The van der Waals surface area contributed by atoms with Crippen LogP contribution in [0.1, 0.15) is 62.3 Å². The summed E-state index contributed by atoms with van der Waals surface area (Å²) in [4.78, 5) is 26.7. The molecule has 3 rings (SSSR count). The van der Waals surface area contributed by atoms with E-state index < -0.39 is 11.9 Å². The first kappa shape index (κ1) is 24.3. The lowest BCUT2D eigenvalue weighted by atomic mass is 9.97. The van der Waals surface area contributed by atoms with Crippen molar-refractivity contribution in [3.63, 3.8) is 0 Å². The molecule has 0 aliphatic heterocycles. The topological polar surface area (TPSA) is 65.7 Å². The van der Waals surface area contributed by atoms with Crippen molar-refractivity contribution in [1.29, 1.82) is 0 Å². The minimum atomic E-state index is -0.614. The number of hydrogen-bond acceptors (Lipinski definition) is 5. The van der Waals surface area contributed by atoms with Crippen molar-refractivity contribution in [2.45, 2.75) is 41.5 Å². The molecule has 0 amide bonds. The molecule has 174 valence electrons. The largest absolute Gasteiger partial charge is 0.461 e. The van der Waals surface area contributed by atoms with Crippen LogP contribution in [0.5, 0.6) is 0 Å². The number of benzene rings is 2. The van der Waals surface area contributed by atoms with E-state index in [4.69, 9.17) is 13.9 Å². The van der Waals surface area contributed by atoms with E-state index >= 15 is 0 Å². The monoisotopic (exact) mass is 448 g/mol. The second-order valence-electron chi connectivity index (χ2n) is 10.5. The molecule has 0 atom stereocenters. The molecule has 5 nitrogen and oxygen atoms in total. The minimum absolute atomic E-state index is 0.0863. The van der Waals surface area contributed by atoms with Gasteiger partial charge in [-0.2, -0.15) is 0 Å². The molecular weight excluding hydrogens is 416 g/mol. The summed E-state index contributed by atoms with van der Waals surface area (Å²) in [6.07, 6.45) is 0. The lowest BCUT2D eigenvalue weighted by Crippen LogP contribution is -2.22. The fourth-order valence-corrected chi connectivity index (χ4v) is 3.11. The average molecular weight is 449 g/mol. The highest BCUT2D eigenvalue weighted by Crippen LogP contribution is 2.38. The van der Waals surface area contributed by atoms with Gasteiger partial charge in [0.1, 0.15) is 22.6 Å². The molecule has 0 radical (unpaired) electrons. The van der Waals surface area contributed by atoms with Gasteiger partial charge in [0, 0.05) is 11.1 Å². The Bertz CT molecular complexity index is 1010. The molecule has 33 heavy (non-hydrogen) atoms. The van der Waals surface area contributed by atoms with Crippen molar-refractivity contribution < 1.29 is 23.5 Å². The summed E-state index contributed by atoms with van der Waals surface area (Å²) in [5.74, 6) is -0.651. The van der Waals surface area contributed by atoms with E-state index in [1.807, 2.05) is 102 Å². The van der Waals surface area contributed by atoms with E-state index in [0.717, 1.165) is 0 Å². The van der Waals surface area contributed by atoms with Crippen LogP contribution in [0.2, 0.25) is 0 Å². The van der Waals surface area contributed by atoms with E-state index in [-0.39, 0.29) is 46.7 Å². The van der Waals surface area contributed by atoms with Gasteiger partial charge in [0.05, 0.1) is 13.2 Å². The molecule has 0 bridgehead atoms. The van der Waals surface area contributed by atoms with Crippen molar-refractivity contribution in [3.05, 3.63) is 71.8 Å². The molecule has 0 aliphatic rings. The highest BCUT2D eigenvalue weighted by atomic mass is 16.5. The van der Waals surface area contributed by atoms with Gasteiger partial charge >= 0.3 is 11.9 Å². The Balaban J connectivity index is 2.20. The zero-order chi connectivity index (χ0) is 24.2. The third kappa shape index (κ3) is 6.35. The fraction of sp³-hybridized carbons (Fsp3) is 0.357. The number of ether oxygens (including phenoxy) is 2. The number of carbonyl (C=O) groups is 2. The van der Waals surface area contributed by atoms with Gasteiger partial charge in [0.15, 0.2) is 0 Å². The molecular formula is C28H32O5. The van der Waals surface area contributed by atoms with Gasteiger partial charge in [-0.25, -0.2) is 9.59 Å². The van der Waals surface area contributed by atoms with Crippen LogP contribution in [-0.4, -0.2) is 25.2 Å².